The van der Waals surface area contributed by atoms with E-state index in [1.807, 2.05) is 0 Å². The summed E-state index contributed by atoms with van der Waals surface area (Å²) in [5, 5.41) is 0. The first-order valence-corrected chi connectivity index (χ1v) is 4.83. The Kier molecular flexibility index (Phi) is 14.8. The average Bonchev–Trinajstić information content (AvgIpc) is 1.69. The molecule has 0 bridgehead atoms. The molecule has 0 radical (unpaired) electrons. The van der Waals surface area contributed by atoms with Gasteiger partial charge in [0.1, 0.15) is 0 Å². The summed E-state index contributed by atoms with van der Waals surface area (Å²) < 4.78 is 0. The molecule has 0 atom stereocenters. The summed E-state index contributed by atoms with van der Waals surface area (Å²) in [4.78, 5) is 0. The highest BCUT2D eigenvalue weighted by Gasteiger charge is 1.80. The van der Waals surface area contributed by atoms with E-state index in [1.54, 1.807) is 0 Å². The molecule has 0 unspecified atom stereocenters. The highest BCUT2D eigenvalue weighted by molar-refractivity contribution is 6.08. The van der Waals surface area contributed by atoms with Crippen LogP contribution in [0.15, 0.2) is 0 Å². The second-order valence-corrected chi connectivity index (χ2v) is 3.06. The maximum Gasteiger partial charge on any atom is 0.00279 e. The molecule has 0 saturated heterocycles. The molecular formula is C6H17ClSi. The van der Waals surface area contributed by atoms with Gasteiger partial charge in [-0.05, 0) is 0 Å². The van der Waals surface area contributed by atoms with Gasteiger partial charge in [0.15, 0.2) is 0 Å². The van der Waals surface area contributed by atoms with Crippen molar-refractivity contribution in [1.29, 1.82) is 0 Å². The summed E-state index contributed by atoms with van der Waals surface area (Å²) in [7, 11) is 1.41. The van der Waals surface area contributed by atoms with E-state index in [4.69, 9.17) is 0 Å². The topological polar surface area (TPSA) is 0 Å². The largest absolute Gasteiger partial charge is 0.147 e. The van der Waals surface area contributed by atoms with Gasteiger partial charge in [0.25, 0.3) is 0 Å². The van der Waals surface area contributed by atoms with Crippen molar-refractivity contribution in [2.45, 2.75) is 38.7 Å². The first kappa shape index (κ1) is 11.3. The highest BCUT2D eigenvalue weighted by atomic mass is 35.5. The number of unbranched alkanes of at least 4 members (excludes halogenated alkanes) is 3. The van der Waals surface area contributed by atoms with Crippen molar-refractivity contribution in [2.75, 3.05) is 0 Å². The Morgan fingerprint density at radius 3 is 2.12 bits per heavy atom. The van der Waals surface area contributed by atoms with Crippen LogP contribution in [-0.4, -0.2) is 10.2 Å². The second-order valence-electron chi connectivity index (χ2n) is 2.06. The molecule has 0 amide bonds. The van der Waals surface area contributed by atoms with Crippen LogP contribution in [0, 0.1) is 0 Å². The standard InChI is InChI=1S/C6H16Si.ClH/c1-2-3-4-5-6-7;/h2-6H2,1,7H3;1H. The fourth-order valence-electron chi connectivity index (χ4n) is 0.677. The van der Waals surface area contributed by atoms with Crippen LogP contribution in [0.1, 0.15) is 32.6 Å². The Balaban J connectivity index is 0. The lowest BCUT2D eigenvalue weighted by Crippen LogP contribution is -1.72. The molecule has 0 rings (SSSR count). The zero-order chi connectivity index (χ0) is 5.54. The molecule has 8 heavy (non-hydrogen) atoms. The third-order valence-corrected chi connectivity index (χ3v) is 1.91. The summed E-state index contributed by atoms with van der Waals surface area (Å²) in [6.45, 7) is 2.26. The summed E-state index contributed by atoms with van der Waals surface area (Å²) in [5.74, 6) is 0. The van der Waals surface area contributed by atoms with Crippen molar-refractivity contribution < 1.29 is 0 Å². The number of rotatable bonds is 4. The van der Waals surface area contributed by atoms with Crippen LogP contribution >= 0.6 is 12.4 Å². The van der Waals surface area contributed by atoms with Gasteiger partial charge in [0.2, 0.25) is 0 Å². The van der Waals surface area contributed by atoms with Gasteiger partial charge in [0.05, 0.1) is 0 Å². The second kappa shape index (κ2) is 10.5. The smallest absolute Gasteiger partial charge is 0.00279 e. The molecule has 0 aliphatic carbocycles. The van der Waals surface area contributed by atoms with E-state index < -0.39 is 0 Å². The molecule has 2 heteroatoms. The van der Waals surface area contributed by atoms with E-state index in [1.165, 1.54) is 42.0 Å². The van der Waals surface area contributed by atoms with Crippen molar-refractivity contribution in [3.05, 3.63) is 0 Å². The monoisotopic (exact) mass is 152 g/mol. The lowest BCUT2D eigenvalue weighted by atomic mass is 10.2. The Morgan fingerprint density at radius 1 is 1.12 bits per heavy atom. The first-order valence-electron chi connectivity index (χ1n) is 3.41. The van der Waals surface area contributed by atoms with Gasteiger partial charge in [0, 0.05) is 10.2 Å². The van der Waals surface area contributed by atoms with Crippen LogP contribution in [-0.2, 0) is 0 Å². The Labute approximate surface area is 61.9 Å². The van der Waals surface area contributed by atoms with Crippen molar-refractivity contribution in [1.82, 2.24) is 0 Å². The van der Waals surface area contributed by atoms with E-state index in [0.29, 0.717) is 0 Å². The molecule has 0 aliphatic rings. The van der Waals surface area contributed by atoms with Crippen molar-refractivity contribution in [3.8, 4) is 0 Å². The molecule has 0 aromatic carbocycles. The van der Waals surface area contributed by atoms with Crippen molar-refractivity contribution in [2.24, 2.45) is 0 Å². The maximum absolute atomic E-state index is 2.26. The quantitative estimate of drug-likeness (QED) is 0.426. The third kappa shape index (κ3) is 9.71. The number of hydrogen-bond acceptors (Lipinski definition) is 0. The highest BCUT2D eigenvalue weighted by Crippen LogP contribution is 1.99. The van der Waals surface area contributed by atoms with Gasteiger partial charge in [-0.2, -0.15) is 0 Å². The van der Waals surface area contributed by atoms with Crippen LogP contribution < -0.4 is 0 Å². The molecule has 0 spiro atoms. The van der Waals surface area contributed by atoms with Crippen LogP contribution in [0.5, 0.6) is 0 Å². The zero-order valence-electron chi connectivity index (χ0n) is 5.94. The van der Waals surface area contributed by atoms with Gasteiger partial charge in [-0.25, -0.2) is 0 Å². The minimum absolute atomic E-state index is 0. The molecule has 0 N–H and O–H groups in total. The molecule has 0 aromatic rings. The Bertz CT molecular complexity index is 27.7. The van der Waals surface area contributed by atoms with E-state index in [2.05, 4.69) is 6.92 Å². The first-order chi connectivity index (χ1) is 3.41. The van der Waals surface area contributed by atoms with Crippen molar-refractivity contribution in [3.63, 3.8) is 0 Å². The number of hydrogen-bond donors (Lipinski definition) is 0. The Morgan fingerprint density at radius 2 is 1.75 bits per heavy atom. The zero-order valence-corrected chi connectivity index (χ0v) is 8.76. The molecule has 0 fully saturated rings. The summed E-state index contributed by atoms with van der Waals surface area (Å²) in [6.07, 6.45) is 5.78. The van der Waals surface area contributed by atoms with E-state index >= 15 is 0 Å². The number of halogens is 1. The van der Waals surface area contributed by atoms with E-state index in [-0.39, 0.29) is 12.4 Å². The van der Waals surface area contributed by atoms with Gasteiger partial charge >= 0.3 is 0 Å². The molecule has 0 nitrogen and oxygen atoms in total. The molecule has 0 saturated carbocycles. The van der Waals surface area contributed by atoms with Crippen LogP contribution in [0.25, 0.3) is 0 Å². The fourth-order valence-corrected chi connectivity index (χ4v) is 1.18. The summed E-state index contributed by atoms with van der Waals surface area (Å²) >= 11 is 0. The minimum Gasteiger partial charge on any atom is -0.147 e. The van der Waals surface area contributed by atoms with Gasteiger partial charge in [-0.1, -0.05) is 38.7 Å². The molecule has 0 aliphatic heterocycles. The van der Waals surface area contributed by atoms with Gasteiger partial charge < -0.3 is 0 Å². The predicted octanol–water partition coefficient (Wildman–Crippen LogP) is 1.77. The molecule has 0 heterocycles. The van der Waals surface area contributed by atoms with Crippen LogP contribution in [0.4, 0.5) is 0 Å². The van der Waals surface area contributed by atoms with E-state index in [0.717, 1.165) is 0 Å². The minimum atomic E-state index is 0. The maximum atomic E-state index is 2.26. The third-order valence-electron chi connectivity index (χ3n) is 1.21. The summed E-state index contributed by atoms with van der Waals surface area (Å²) in [5.41, 5.74) is 0. The van der Waals surface area contributed by atoms with Gasteiger partial charge in [-0.3, -0.25) is 0 Å². The normalized spacial score (nSPS) is 8.62. The van der Waals surface area contributed by atoms with Crippen LogP contribution in [0.3, 0.4) is 0 Å². The van der Waals surface area contributed by atoms with Gasteiger partial charge in [-0.15, -0.1) is 12.4 Å². The van der Waals surface area contributed by atoms with Crippen molar-refractivity contribution >= 4 is 22.6 Å². The molecule has 52 valence electrons. The average molecular weight is 153 g/mol. The van der Waals surface area contributed by atoms with E-state index in [9.17, 15) is 0 Å². The lowest BCUT2D eigenvalue weighted by molar-refractivity contribution is 0.701. The van der Waals surface area contributed by atoms with Crippen LogP contribution in [0.2, 0.25) is 6.04 Å². The predicted molar refractivity (Wildman–Crippen MR) is 46.1 cm³/mol. The SMILES string of the molecule is CCCCCC[SiH3].Cl. The summed E-state index contributed by atoms with van der Waals surface area (Å²) in [6, 6.07) is 1.50. The molecular weight excluding hydrogens is 136 g/mol. The Hall–Kier alpha value is 0.507. The molecule has 0 aromatic heterocycles. The lowest BCUT2D eigenvalue weighted by Gasteiger charge is -1.90. The fraction of sp³-hybridized carbons (Fsp3) is 1.00.